The Labute approximate surface area is 169 Å². The van der Waals surface area contributed by atoms with E-state index in [1.165, 1.54) is 6.07 Å². The number of amides is 1. The van der Waals surface area contributed by atoms with Gasteiger partial charge in [0.05, 0.1) is 5.69 Å². The van der Waals surface area contributed by atoms with Crippen molar-refractivity contribution in [2.45, 2.75) is 20.0 Å². The molecule has 0 N–H and O–H groups in total. The van der Waals surface area contributed by atoms with Gasteiger partial charge in [-0.1, -0.05) is 24.3 Å². The number of hydrogen-bond donors (Lipinski definition) is 0. The van der Waals surface area contributed by atoms with Gasteiger partial charge in [-0.05, 0) is 43.7 Å². The van der Waals surface area contributed by atoms with Gasteiger partial charge in [0.1, 0.15) is 11.6 Å². The third-order valence-corrected chi connectivity index (χ3v) is 4.80. The van der Waals surface area contributed by atoms with E-state index in [-0.39, 0.29) is 18.3 Å². The number of rotatable bonds is 6. The first kappa shape index (κ1) is 20.6. The Morgan fingerprint density at radius 2 is 1.79 bits per heavy atom. The molecule has 0 radical (unpaired) electrons. The van der Waals surface area contributed by atoms with Crippen LogP contribution in [0.25, 0.3) is 0 Å². The van der Waals surface area contributed by atoms with Crippen molar-refractivity contribution < 1.29 is 23.5 Å². The summed E-state index contributed by atoms with van der Waals surface area (Å²) in [7, 11) is 0. The van der Waals surface area contributed by atoms with Crippen molar-refractivity contribution in [3.63, 3.8) is 0 Å². The number of carbonyl (C=O) groups excluding carboxylic acids is 2. The van der Waals surface area contributed by atoms with E-state index >= 15 is 0 Å². The molecule has 7 heteroatoms. The van der Waals surface area contributed by atoms with Crippen molar-refractivity contribution >= 4 is 17.6 Å². The second-order valence-electron chi connectivity index (χ2n) is 7.00. The molecule has 0 unspecified atom stereocenters. The number of ether oxygens (including phenoxy) is 2. The van der Waals surface area contributed by atoms with Crippen LogP contribution in [0.2, 0.25) is 0 Å². The van der Waals surface area contributed by atoms with E-state index in [1.807, 2.05) is 30.0 Å². The number of nitrogens with zero attached hydrogens (tertiary/aromatic N) is 2. The highest BCUT2D eigenvalue weighted by Gasteiger charge is 2.24. The number of para-hydroxylation sites is 1. The highest BCUT2D eigenvalue weighted by molar-refractivity contribution is 5.82. The minimum Gasteiger partial charge on any atom is -0.479 e. The largest absolute Gasteiger partial charge is 0.479 e. The monoisotopic (exact) mass is 400 g/mol. The van der Waals surface area contributed by atoms with Crippen LogP contribution in [0.1, 0.15) is 12.5 Å². The van der Waals surface area contributed by atoms with Gasteiger partial charge in [0.15, 0.2) is 12.7 Å². The third-order valence-electron chi connectivity index (χ3n) is 4.80. The average molecular weight is 400 g/mol. The minimum atomic E-state index is -0.817. The van der Waals surface area contributed by atoms with Crippen molar-refractivity contribution in [3.8, 4) is 5.75 Å². The number of anilines is 1. The summed E-state index contributed by atoms with van der Waals surface area (Å²) in [5.41, 5.74) is 1.56. The molecule has 1 heterocycles. The molecule has 0 spiro atoms. The molecule has 1 aliphatic rings. The summed E-state index contributed by atoms with van der Waals surface area (Å²) >= 11 is 0. The third kappa shape index (κ3) is 5.47. The van der Waals surface area contributed by atoms with Crippen LogP contribution in [0, 0.1) is 12.7 Å². The molecular weight excluding hydrogens is 375 g/mol. The first-order valence-corrected chi connectivity index (χ1v) is 9.61. The van der Waals surface area contributed by atoms with Crippen LogP contribution in [0.15, 0.2) is 48.5 Å². The summed E-state index contributed by atoms with van der Waals surface area (Å²) < 4.78 is 24.6. The van der Waals surface area contributed by atoms with Crippen molar-refractivity contribution in [2.75, 3.05) is 37.7 Å². The van der Waals surface area contributed by atoms with Gasteiger partial charge in [0.25, 0.3) is 5.91 Å². The van der Waals surface area contributed by atoms with Gasteiger partial charge in [-0.3, -0.25) is 4.79 Å². The Morgan fingerprint density at radius 3 is 2.48 bits per heavy atom. The number of halogens is 1. The molecule has 154 valence electrons. The maximum atomic E-state index is 13.9. The maximum Gasteiger partial charge on any atom is 0.347 e. The standard InChI is InChI=1S/C22H25FN2O4/c1-16-6-5-7-18(14-16)29-17(2)22(27)28-15-21(26)25-12-10-24(11-13-25)20-9-4-3-8-19(20)23/h3-9,14,17H,10-13,15H2,1-2H3/t17-/m0/s1. The molecule has 1 aliphatic heterocycles. The fourth-order valence-electron chi connectivity index (χ4n) is 3.19. The van der Waals surface area contributed by atoms with Crippen LogP contribution in [0.4, 0.5) is 10.1 Å². The fourth-order valence-corrected chi connectivity index (χ4v) is 3.19. The van der Waals surface area contributed by atoms with Gasteiger partial charge in [0, 0.05) is 26.2 Å². The summed E-state index contributed by atoms with van der Waals surface area (Å²) in [6.45, 7) is 5.12. The Kier molecular flexibility index (Phi) is 6.69. The zero-order valence-corrected chi connectivity index (χ0v) is 16.6. The van der Waals surface area contributed by atoms with Crippen molar-refractivity contribution in [3.05, 3.63) is 59.9 Å². The number of piperazine rings is 1. The molecule has 6 nitrogen and oxygen atoms in total. The van der Waals surface area contributed by atoms with Crippen molar-refractivity contribution in [1.82, 2.24) is 4.90 Å². The Balaban J connectivity index is 1.44. The van der Waals surface area contributed by atoms with E-state index in [0.717, 1.165) is 5.56 Å². The van der Waals surface area contributed by atoms with Gasteiger partial charge in [-0.2, -0.15) is 0 Å². The molecule has 0 saturated carbocycles. The molecule has 0 aromatic heterocycles. The normalized spacial score (nSPS) is 15.0. The van der Waals surface area contributed by atoms with Crippen LogP contribution < -0.4 is 9.64 Å². The molecular formula is C22H25FN2O4. The Morgan fingerprint density at radius 1 is 1.07 bits per heavy atom. The zero-order valence-electron chi connectivity index (χ0n) is 16.6. The van der Waals surface area contributed by atoms with Crippen molar-refractivity contribution in [2.24, 2.45) is 0 Å². The average Bonchev–Trinajstić information content (AvgIpc) is 2.72. The maximum absolute atomic E-state index is 13.9. The summed E-state index contributed by atoms with van der Waals surface area (Å²) in [5.74, 6) is -0.562. The molecule has 0 aliphatic carbocycles. The Hall–Kier alpha value is -3.09. The lowest BCUT2D eigenvalue weighted by atomic mass is 10.2. The van der Waals surface area contributed by atoms with Gasteiger partial charge in [-0.15, -0.1) is 0 Å². The van der Waals surface area contributed by atoms with Crippen LogP contribution in [-0.2, 0) is 14.3 Å². The summed E-state index contributed by atoms with van der Waals surface area (Å²) in [6.07, 6.45) is -0.817. The number of benzene rings is 2. The van der Waals surface area contributed by atoms with E-state index < -0.39 is 12.1 Å². The molecule has 29 heavy (non-hydrogen) atoms. The summed E-state index contributed by atoms with van der Waals surface area (Å²) in [5, 5.41) is 0. The van der Waals surface area contributed by atoms with E-state index in [9.17, 15) is 14.0 Å². The number of carbonyl (C=O) groups is 2. The van der Waals surface area contributed by atoms with Crippen LogP contribution >= 0.6 is 0 Å². The molecule has 1 amide bonds. The van der Waals surface area contributed by atoms with Gasteiger partial charge in [0.2, 0.25) is 0 Å². The smallest absolute Gasteiger partial charge is 0.347 e. The zero-order chi connectivity index (χ0) is 20.8. The minimum absolute atomic E-state index is 0.269. The van der Waals surface area contributed by atoms with E-state index in [4.69, 9.17) is 9.47 Å². The van der Waals surface area contributed by atoms with Gasteiger partial charge >= 0.3 is 5.97 Å². The second-order valence-corrected chi connectivity index (χ2v) is 7.00. The number of aryl methyl sites for hydroxylation is 1. The quantitative estimate of drug-likeness (QED) is 0.698. The van der Waals surface area contributed by atoms with Gasteiger partial charge < -0.3 is 19.3 Å². The van der Waals surface area contributed by atoms with Gasteiger partial charge in [-0.25, -0.2) is 9.18 Å². The molecule has 1 fully saturated rings. The first-order chi connectivity index (χ1) is 13.9. The van der Waals surface area contributed by atoms with Crippen LogP contribution in [0.5, 0.6) is 5.75 Å². The van der Waals surface area contributed by atoms with E-state index in [0.29, 0.717) is 37.6 Å². The lowest BCUT2D eigenvalue weighted by Gasteiger charge is -2.36. The topological polar surface area (TPSA) is 59.1 Å². The van der Waals surface area contributed by atoms with Crippen LogP contribution in [0.3, 0.4) is 0 Å². The number of esters is 1. The van der Waals surface area contributed by atoms with Crippen molar-refractivity contribution in [1.29, 1.82) is 0 Å². The molecule has 3 rings (SSSR count). The molecule has 1 saturated heterocycles. The molecule has 0 bridgehead atoms. The predicted octanol–water partition coefficient (Wildman–Crippen LogP) is 2.79. The second kappa shape index (κ2) is 9.41. The first-order valence-electron chi connectivity index (χ1n) is 9.61. The summed E-state index contributed by atoms with van der Waals surface area (Å²) in [4.78, 5) is 28.0. The summed E-state index contributed by atoms with van der Waals surface area (Å²) in [6, 6.07) is 13.9. The SMILES string of the molecule is Cc1cccc(O[C@@H](C)C(=O)OCC(=O)N2CCN(c3ccccc3F)CC2)c1. The molecule has 1 atom stereocenters. The highest BCUT2D eigenvalue weighted by Crippen LogP contribution is 2.20. The predicted molar refractivity (Wildman–Crippen MR) is 107 cm³/mol. The number of hydrogen-bond acceptors (Lipinski definition) is 5. The fraction of sp³-hybridized carbons (Fsp3) is 0.364. The van der Waals surface area contributed by atoms with E-state index in [2.05, 4.69) is 0 Å². The lowest BCUT2D eigenvalue weighted by Crippen LogP contribution is -2.50. The van der Waals surface area contributed by atoms with Crippen LogP contribution in [-0.4, -0.2) is 55.7 Å². The molecule has 2 aromatic rings. The van der Waals surface area contributed by atoms with E-state index in [1.54, 1.807) is 36.1 Å². The highest BCUT2D eigenvalue weighted by atomic mass is 19.1. The molecule has 2 aromatic carbocycles. The Bertz CT molecular complexity index is 865. The lowest BCUT2D eigenvalue weighted by molar-refractivity contribution is -0.157.